The Morgan fingerprint density at radius 3 is 2.64 bits per heavy atom. The smallest absolute Gasteiger partial charge is 0.338 e. The van der Waals surface area contributed by atoms with Crippen molar-refractivity contribution in [3.63, 3.8) is 0 Å². The minimum absolute atomic E-state index is 0.126. The number of carbonyl (C=O) groups excluding carboxylic acids is 1. The lowest BCUT2D eigenvalue weighted by Crippen LogP contribution is -2.39. The Morgan fingerprint density at radius 2 is 1.94 bits per heavy atom. The molecule has 0 amide bonds. The van der Waals surface area contributed by atoms with Crippen LogP contribution in [0.1, 0.15) is 31.0 Å². The number of hydrogen-bond acceptors (Lipinski definition) is 8. The standard InChI is InChI=1S/C25H20I2N2O6S/c1-4-33-24(31)20-12(2)28-25-29(21(20)14-5-6-17-18(10-14)35-11-34-17)23(30)19(36-25)9-13-7-15(26)22(32-3)16(27)8-13/h5-10,21H,4,11H2,1-3H3/b19-9-/t21-/m1/s1. The van der Waals surface area contributed by atoms with Crippen molar-refractivity contribution in [3.05, 3.63) is 79.6 Å². The molecule has 1 aromatic heterocycles. The molecule has 2 aliphatic rings. The first-order valence-corrected chi connectivity index (χ1v) is 13.9. The van der Waals surface area contributed by atoms with E-state index in [4.69, 9.17) is 18.9 Å². The number of ether oxygens (including phenoxy) is 4. The van der Waals surface area contributed by atoms with Crippen molar-refractivity contribution < 1.29 is 23.7 Å². The minimum atomic E-state index is -0.715. The molecular formula is C25H20I2N2O6S. The van der Waals surface area contributed by atoms with E-state index in [-0.39, 0.29) is 19.0 Å². The molecule has 36 heavy (non-hydrogen) atoms. The third-order valence-electron chi connectivity index (χ3n) is 5.75. The van der Waals surface area contributed by atoms with Gasteiger partial charge in [-0.25, -0.2) is 9.79 Å². The molecule has 2 aromatic carbocycles. The third kappa shape index (κ3) is 4.45. The summed E-state index contributed by atoms with van der Waals surface area (Å²) >= 11 is 5.72. The number of fused-ring (bicyclic) bond motifs is 2. The molecule has 0 saturated carbocycles. The molecule has 0 saturated heterocycles. The second-order valence-corrected chi connectivity index (χ2v) is 11.3. The van der Waals surface area contributed by atoms with Crippen molar-refractivity contribution in [1.82, 2.24) is 4.57 Å². The lowest BCUT2D eigenvalue weighted by molar-refractivity contribution is -0.139. The average molecular weight is 730 g/mol. The predicted molar refractivity (Wildman–Crippen MR) is 151 cm³/mol. The molecule has 5 rings (SSSR count). The molecule has 1 atom stereocenters. The lowest BCUT2D eigenvalue weighted by Gasteiger charge is -2.24. The van der Waals surface area contributed by atoms with E-state index >= 15 is 0 Å². The monoisotopic (exact) mass is 730 g/mol. The lowest BCUT2D eigenvalue weighted by atomic mass is 9.95. The molecule has 0 bridgehead atoms. The van der Waals surface area contributed by atoms with Crippen LogP contribution in [-0.2, 0) is 9.53 Å². The van der Waals surface area contributed by atoms with Crippen LogP contribution in [0.15, 0.2) is 51.4 Å². The second kappa shape index (κ2) is 10.2. The number of benzene rings is 2. The number of aromatic nitrogens is 1. The van der Waals surface area contributed by atoms with Gasteiger partial charge in [-0.15, -0.1) is 0 Å². The van der Waals surface area contributed by atoms with Crippen molar-refractivity contribution >= 4 is 68.6 Å². The predicted octanol–water partition coefficient (Wildman–Crippen LogP) is 3.74. The van der Waals surface area contributed by atoms with Gasteiger partial charge in [0, 0.05) is 0 Å². The number of allylic oxidation sites excluding steroid dienone is 1. The highest BCUT2D eigenvalue weighted by molar-refractivity contribution is 14.1. The molecule has 2 aliphatic heterocycles. The summed E-state index contributed by atoms with van der Waals surface area (Å²) in [6.07, 6.45) is 1.84. The molecule has 3 aromatic rings. The molecule has 0 spiro atoms. The zero-order valence-electron chi connectivity index (χ0n) is 19.5. The highest BCUT2D eigenvalue weighted by Gasteiger charge is 2.34. The zero-order chi connectivity index (χ0) is 25.6. The molecule has 3 heterocycles. The van der Waals surface area contributed by atoms with Gasteiger partial charge < -0.3 is 18.9 Å². The van der Waals surface area contributed by atoms with Crippen LogP contribution in [0.25, 0.3) is 6.08 Å². The Bertz CT molecular complexity index is 1580. The molecule has 8 nitrogen and oxygen atoms in total. The van der Waals surface area contributed by atoms with Gasteiger partial charge in [0.25, 0.3) is 5.56 Å². The summed E-state index contributed by atoms with van der Waals surface area (Å²) < 4.78 is 25.8. The first-order chi connectivity index (χ1) is 17.3. The van der Waals surface area contributed by atoms with Gasteiger partial charge in [0.15, 0.2) is 16.3 Å². The van der Waals surface area contributed by atoms with E-state index in [0.717, 1.165) is 18.5 Å². The van der Waals surface area contributed by atoms with E-state index in [2.05, 4.69) is 50.2 Å². The maximum atomic E-state index is 13.8. The van der Waals surface area contributed by atoms with E-state index in [1.807, 2.05) is 24.3 Å². The maximum absolute atomic E-state index is 13.8. The number of carbonyl (C=O) groups is 1. The summed E-state index contributed by atoms with van der Waals surface area (Å²) in [6, 6.07) is 8.63. The number of thiazole rings is 1. The maximum Gasteiger partial charge on any atom is 0.338 e. The van der Waals surface area contributed by atoms with Crippen molar-refractivity contribution in [2.75, 3.05) is 20.5 Å². The Balaban J connectivity index is 1.71. The van der Waals surface area contributed by atoms with Crippen LogP contribution in [0.5, 0.6) is 17.2 Å². The van der Waals surface area contributed by atoms with Crippen molar-refractivity contribution in [2.45, 2.75) is 19.9 Å². The van der Waals surface area contributed by atoms with Crippen LogP contribution in [0, 0.1) is 7.14 Å². The van der Waals surface area contributed by atoms with Crippen LogP contribution >= 0.6 is 56.5 Å². The number of methoxy groups -OCH3 is 1. The Hall–Kier alpha value is -2.39. The molecule has 0 fully saturated rings. The summed E-state index contributed by atoms with van der Waals surface area (Å²) in [5.74, 6) is 1.48. The van der Waals surface area contributed by atoms with Gasteiger partial charge in [-0.1, -0.05) is 17.4 Å². The molecule has 0 unspecified atom stereocenters. The minimum Gasteiger partial charge on any atom is -0.495 e. The van der Waals surface area contributed by atoms with E-state index in [1.54, 1.807) is 37.7 Å². The van der Waals surface area contributed by atoms with E-state index in [1.165, 1.54) is 11.3 Å². The normalized spacial score (nSPS) is 16.6. The quantitative estimate of drug-likeness (QED) is 0.294. The van der Waals surface area contributed by atoms with Gasteiger partial charge in [-0.3, -0.25) is 9.36 Å². The Kier molecular flexibility index (Phi) is 7.14. The van der Waals surface area contributed by atoms with Crippen LogP contribution in [0.3, 0.4) is 0 Å². The SMILES string of the molecule is CCOC(=O)C1=C(C)N=c2s/c(=C\c3cc(I)c(OC)c(I)c3)c(=O)n2[C@@H]1c1ccc2c(c1)OCO2. The topological polar surface area (TPSA) is 88.4 Å². The summed E-state index contributed by atoms with van der Waals surface area (Å²) in [6.45, 7) is 3.84. The molecule has 0 N–H and O–H groups in total. The number of rotatable bonds is 5. The summed E-state index contributed by atoms with van der Waals surface area (Å²) in [5.41, 5.74) is 2.17. The van der Waals surface area contributed by atoms with Crippen LogP contribution in [0.4, 0.5) is 0 Å². The van der Waals surface area contributed by atoms with Crippen molar-refractivity contribution in [2.24, 2.45) is 4.99 Å². The molecule has 0 aliphatic carbocycles. The van der Waals surface area contributed by atoms with Crippen LogP contribution < -0.4 is 29.1 Å². The average Bonchev–Trinajstić information content (AvgIpc) is 3.42. The van der Waals surface area contributed by atoms with Gasteiger partial charge in [-0.2, -0.15) is 0 Å². The zero-order valence-corrected chi connectivity index (χ0v) is 24.6. The first kappa shape index (κ1) is 25.3. The number of nitrogens with zero attached hydrogens (tertiary/aromatic N) is 2. The molecular weight excluding hydrogens is 710 g/mol. The molecule has 186 valence electrons. The summed E-state index contributed by atoms with van der Waals surface area (Å²) in [4.78, 5) is 32.0. The summed E-state index contributed by atoms with van der Waals surface area (Å²) in [7, 11) is 1.64. The fraction of sp³-hybridized carbons (Fsp3) is 0.240. The van der Waals surface area contributed by atoms with Gasteiger partial charge in [-0.05, 0) is 100 Å². The van der Waals surface area contributed by atoms with E-state index in [9.17, 15) is 9.59 Å². The van der Waals surface area contributed by atoms with E-state index < -0.39 is 12.0 Å². The van der Waals surface area contributed by atoms with Crippen molar-refractivity contribution in [1.29, 1.82) is 0 Å². The highest BCUT2D eigenvalue weighted by atomic mass is 127. The first-order valence-electron chi connectivity index (χ1n) is 10.9. The highest BCUT2D eigenvalue weighted by Crippen LogP contribution is 2.38. The van der Waals surface area contributed by atoms with Crippen LogP contribution in [-0.4, -0.2) is 31.0 Å². The summed E-state index contributed by atoms with van der Waals surface area (Å²) in [5, 5.41) is 0. The number of hydrogen-bond donors (Lipinski definition) is 0. The van der Waals surface area contributed by atoms with Gasteiger partial charge >= 0.3 is 5.97 Å². The van der Waals surface area contributed by atoms with Gasteiger partial charge in [0.2, 0.25) is 6.79 Å². The van der Waals surface area contributed by atoms with Crippen molar-refractivity contribution in [3.8, 4) is 17.2 Å². The van der Waals surface area contributed by atoms with E-state index in [0.29, 0.717) is 37.7 Å². The molecule has 0 radical (unpaired) electrons. The van der Waals surface area contributed by atoms with Gasteiger partial charge in [0.1, 0.15) is 5.75 Å². The fourth-order valence-electron chi connectivity index (χ4n) is 4.20. The molecule has 11 heteroatoms. The largest absolute Gasteiger partial charge is 0.495 e. The Morgan fingerprint density at radius 1 is 1.22 bits per heavy atom. The fourth-order valence-corrected chi connectivity index (χ4v) is 7.50. The number of esters is 1. The van der Waals surface area contributed by atoms with Crippen LogP contribution in [0.2, 0.25) is 0 Å². The third-order valence-corrected chi connectivity index (χ3v) is 8.34. The Labute approximate surface area is 237 Å². The number of halogens is 2. The second-order valence-electron chi connectivity index (χ2n) is 7.93. The van der Waals surface area contributed by atoms with Gasteiger partial charge in [0.05, 0.1) is 42.7 Å².